The number of ether oxygens (including phenoxy) is 1. The summed E-state index contributed by atoms with van der Waals surface area (Å²) < 4.78 is 5.36. The van der Waals surface area contributed by atoms with Crippen molar-refractivity contribution in [1.82, 2.24) is 0 Å². The van der Waals surface area contributed by atoms with Crippen molar-refractivity contribution in [2.45, 2.75) is 116 Å². The van der Waals surface area contributed by atoms with E-state index in [4.69, 9.17) is 4.74 Å². The Morgan fingerprint density at radius 1 is 0.741 bits per heavy atom. The minimum absolute atomic E-state index is 0.291. The van der Waals surface area contributed by atoms with E-state index in [1.807, 2.05) is 0 Å². The van der Waals surface area contributed by atoms with Crippen LogP contribution in [0.5, 0.6) is 0 Å². The molecular weight excluding hydrogens is 340 g/mol. The molecule has 158 valence electrons. The van der Waals surface area contributed by atoms with E-state index in [1.54, 1.807) is 0 Å². The molecule has 0 aromatic heterocycles. The first kappa shape index (κ1) is 24.0. The van der Waals surface area contributed by atoms with Gasteiger partial charge in [0, 0.05) is 0 Å². The minimum Gasteiger partial charge on any atom is -0.481 e. The molecule has 0 aromatic rings. The van der Waals surface area contributed by atoms with Crippen molar-refractivity contribution in [3.8, 4) is 0 Å². The number of carbonyl (C=O) groups is 2. The lowest BCUT2D eigenvalue weighted by atomic mass is 9.79. The molecule has 0 aliphatic heterocycles. The highest BCUT2D eigenvalue weighted by Gasteiger charge is 2.36. The van der Waals surface area contributed by atoms with Crippen molar-refractivity contribution in [3.05, 3.63) is 0 Å². The molecule has 4 nitrogen and oxygen atoms in total. The standard InChI is InChI=1S/C23H42O4/c1-2-3-4-5-6-7-8-9-10-11-12-13-16-19-27-23(26)21-18-15-14-17-20(21)22(24)25/h20-21H,2-19H2,1H3,(H,24,25). The van der Waals surface area contributed by atoms with Crippen LogP contribution < -0.4 is 0 Å². The van der Waals surface area contributed by atoms with Crippen LogP contribution in [0.15, 0.2) is 0 Å². The van der Waals surface area contributed by atoms with Gasteiger partial charge in [0.1, 0.15) is 0 Å². The number of hydrogen-bond donors (Lipinski definition) is 1. The van der Waals surface area contributed by atoms with Gasteiger partial charge in [-0.05, 0) is 19.3 Å². The Bertz CT molecular complexity index is 394. The number of carboxylic acids is 1. The fourth-order valence-electron chi connectivity index (χ4n) is 4.11. The maximum Gasteiger partial charge on any atom is 0.309 e. The number of hydrogen-bond acceptors (Lipinski definition) is 3. The van der Waals surface area contributed by atoms with Gasteiger partial charge in [-0.3, -0.25) is 9.59 Å². The number of carbonyl (C=O) groups excluding carboxylic acids is 1. The zero-order chi connectivity index (χ0) is 19.7. The zero-order valence-electron chi connectivity index (χ0n) is 17.6. The van der Waals surface area contributed by atoms with E-state index in [9.17, 15) is 14.7 Å². The van der Waals surface area contributed by atoms with Crippen LogP contribution in [0.2, 0.25) is 0 Å². The monoisotopic (exact) mass is 382 g/mol. The normalized spacial score (nSPS) is 19.7. The number of esters is 1. The van der Waals surface area contributed by atoms with Gasteiger partial charge in [0.15, 0.2) is 0 Å². The van der Waals surface area contributed by atoms with Gasteiger partial charge >= 0.3 is 11.9 Å². The van der Waals surface area contributed by atoms with Gasteiger partial charge in [0.05, 0.1) is 18.4 Å². The lowest BCUT2D eigenvalue weighted by Crippen LogP contribution is -2.33. The van der Waals surface area contributed by atoms with Crippen molar-refractivity contribution in [2.75, 3.05) is 6.61 Å². The third kappa shape index (κ3) is 11.4. The summed E-state index contributed by atoms with van der Waals surface area (Å²) in [4.78, 5) is 23.4. The highest BCUT2D eigenvalue weighted by molar-refractivity contribution is 5.81. The van der Waals surface area contributed by atoms with Gasteiger partial charge in [-0.25, -0.2) is 0 Å². The predicted molar refractivity (Wildman–Crippen MR) is 110 cm³/mol. The van der Waals surface area contributed by atoms with Crippen LogP contribution in [-0.4, -0.2) is 23.7 Å². The topological polar surface area (TPSA) is 63.6 Å². The second kappa shape index (κ2) is 15.9. The van der Waals surface area contributed by atoms with Crippen LogP contribution in [0, 0.1) is 11.8 Å². The summed E-state index contributed by atoms with van der Waals surface area (Å²) in [5.41, 5.74) is 0. The summed E-state index contributed by atoms with van der Waals surface area (Å²) in [6.07, 6.45) is 19.9. The van der Waals surface area contributed by atoms with Crippen molar-refractivity contribution in [2.24, 2.45) is 11.8 Å². The second-order valence-corrected chi connectivity index (χ2v) is 8.25. The van der Waals surface area contributed by atoms with Crippen LogP contribution >= 0.6 is 0 Å². The van der Waals surface area contributed by atoms with Crippen LogP contribution in [0.25, 0.3) is 0 Å². The number of aliphatic carboxylic acids is 1. The fourth-order valence-corrected chi connectivity index (χ4v) is 4.11. The number of carboxylic acid groups (broad SMARTS) is 1. The van der Waals surface area contributed by atoms with Gasteiger partial charge in [0.2, 0.25) is 0 Å². The Labute approximate surface area is 166 Å². The average molecular weight is 383 g/mol. The van der Waals surface area contributed by atoms with E-state index < -0.39 is 17.8 Å². The first-order chi connectivity index (χ1) is 13.2. The summed E-state index contributed by atoms with van der Waals surface area (Å²) in [6, 6.07) is 0. The van der Waals surface area contributed by atoms with Crippen LogP contribution in [0.1, 0.15) is 116 Å². The van der Waals surface area contributed by atoms with Gasteiger partial charge in [0.25, 0.3) is 0 Å². The van der Waals surface area contributed by atoms with Crippen LogP contribution in [-0.2, 0) is 14.3 Å². The Morgan fingerprint density at radius 3 is 1.67 bits per heavy atom. The molecular formula is C23H42O4. The van der Waals surface area contributed by atoms with Crippen LogP contribution in [0.4, 0.5) is 0 Å². The van der Waals surface area contributed by atoms with Crippen molar-refractivity contribution in [1.29, 1.82) is 0 Å². The molecule has 1 saturated carbocycles. The molecule has 1 rings (SSSR count). The summed E-state index contributed by atoms with van der Waals surface area (Å²) >= 11 is 0. The summed E-state index contributed by atoms with van der Waals surface area (Å²) in [5, 5.41) is 9.24. The molecule has 0 amide bonds. The van der Waals surface area contributed by atoms with Crippen molar-refractivity contribution >= 4 is 11.9 Å². The first-order valence-electron chi connectivity index (χ1n) is 11.6. The molecule has 0 heterocycles. The molecule has 0 radical (unpaired) electrons. The molecule has 2 unspecified atom stereocenters. The second-order valence-electron chi connectivity index (χ2n) is 8.25. The summed E-state index contributed by atoms with van der Waals surface area (Å²) in [6.45, 7) is 2.70. The Morgan fingerprint density at radius 2 is 1.19 bits per heavy atom. The van der Waals surface area contributed by atoms with Crippen molar-refractivity contribution in [3.63, 3.8) is 0 Å². The lowest BCUT2D eigenvalue weighted by Gasteiger charge is -2.26. The van der Waals surface area contributed by atoms with Gasteiger partial charge in [-0.15, -0.1) is 0 Å². The zero-order valence-corrected chi connectivity index (χ0v) is 17.6. The van der Waals surface area contributed by atoms with E-state index in [2.05, 4.69) is 6.92 Å². The maximum atomic E-state index is 12.1. The van der Waals surface area contributed by atoms with E-state index >= 15 is 0 Å². The van der Waals surface area contributed by atoms with E-state index in [1.165, 1.54) is 70.6 Å². The third-order valence-corrected chi connectivity index (χ3v) is 5.88. The van der Waals surface area contributed by atoms with Crippen LogP contribution in [0.3, 0.4) is 0 Å². The van der Waals surface area contributed by atoms with Crippen molar-refractivity contribution < 1.29 is 19.4 Å². The highest BCUT2D eigenvalue weighted by atomic mass is 16.5. The molecule has 1 aliphatic rings. The lowest BCUT2D eigenvalue weighted by molar-refractivity contribution is -0.159. The number of unbranched alkanes of at least 4 members (excludes halogenated alkanes) is 12. The van der Waals surface area contributed by atoms with Gasteiger partial charge in [-0.1, -0.05) is 96.8 Å². The third-order valence-electron chi connectivity index (χ3n) is 5.88. The average Bonchev–Trinajstić information content (AvgIpc) is 2.68. The van der Waals surface area contributed by atoms with Gasteiger partial charge in [-0.2, -0.15) is 0 Å². The van der Waals surface area contributed by atoms with E-state index in [0.717, 1.165) is 25.7 Å². The highest BCUT2D eigenvalue weighted by Crippen LogP contribution is 2.31. The van der Waals surface area contributed by atoms with E-state index in [-0.39, 0.29) is 5.97 Å². The Balaban J connectivity index is 1.91. The Hall–Kier alpha value is -1.06. The maximum absolute atomic E-state index is 12.1. The molecule has 0 bridgehead atoms. The molecule has 1 aliphatic carbocycles. The molecule has 0 saturated heterocycles. The SMILES string of the molecule is CCCCCCCCCCCCCCCOC(=O)C1CCCCC1C(=O)O. The molecule has 1 fully saturated rings. The smallest absolute Gasteiger partial charge is 0.309 e. The van der Waals surface area contributed by atoms with E-state index in [0.29, 0.717) is 19.4 Å². The minimum atomic E-state index is -0.849. The largest absolute Gasteiger partial charge is 0.481 e. The molecule has 1 N–H and O–H groups in total. The molecule has 0 spiro atoms. The number of rotatable bonds is 16. The molecule has 0 aromatic carbocycles. The molecule has 4 heteroatoms. The summed E-state index contributed by atoms with van der Waals surface area (Å²) in [7, 11) is 0. The summed E-state index contributed by atoms with van der Waals surface area (Å²) in [5.74, 6) is -2.12. The quantitative estimate of drug-likeness (QED) is 0.244. The molecule has 2 atom stereocenters. The molecule has 27 heavy (non-hydrogen) atoms. The predicted octanol–water partition coefficient (Wildman–Crippen LogP) is 6.51. The first-order valence-corrected chi connectivity index (χ1v) is 11.6. The Kier molecular flexibility index (Phi) is 14.2. The fraction of sp³-hybridized carbons (Fsp3) is 0.913. The van der Waals surface area contributed by atoms with Gasteiger partial charge < -0.3 is 9.84 Å².